The van der Waals surface area contributed by atoms with Crippen LogP contribution in [-0.4, -0.2) is 35.1 Å². The zero-order valence-corrected chi connectivity index (χ0v) is 12.2. The number of fused-ring (bicyclic) bond motifs is 1. The van der Waals surface area contributed by atoms with Gasteiger partial charge in [-0.15, -0.1) is 0 Å². The Labute approximate surface area is 123 Å². The monoisotopic (exact) mass is 289 g/mol. The summed E-state index contributed by atoms with van der Waals surface area (Å²) in [6.45, 7) is 0. The van der Waals surface area contributed by atoms with Gasteiger partial charge in [-0.3, -0.25) is 0 Å². The molecule has 3 rings (SSSR count). The van der Waals surface area contributed by atoms with E-state index in [0.29, 0.717) is 17.9 Å². The van der Waals surface area contributed by atoms with E-state index in [9.17, 15) is 0 Å². The maximum atomic E-state index is 5.94. The van der Waals surface area contributed by atoms with Gasteiger partial charge in [0.1, 0.15) is 0 Å². The molecule has 1 aliphatic rings. The van der Waals surface area contributed by atoms with E-state index in [2.05, 4.69) is 44.5 Å². The fourth-order valence-electron chi connectivity index (χ4n) is 2.45. The number of nitrogens with zero attached hydrogens (tertiary/aromatic N) is 4. The Bertz CT molecular complexity index is 604. The minimum Gasteiger partial charge on any atom is -0.351 e. The highest BCUT2D eigenvalue weighted by atomic mass is 35.5. The summed E-state index contributed by atoms with van der Waals surface area (Å²) in [4.78, 5) is 14.4. The van der Waals surface area contributed by atoms with Crippen molar-refractivity contribution in [3.05, 3.63) is 40.7 Å². The molecular formula is C14H16ClN5. The molecule has 0 amide bonds. The summed E-state index contributed by atoms with van der Waals surface area (Å²) in [6, 6.07) is 8.79. The van der Waals surface area contributed by atoms with Crippen LogP contribution in [0.5, 0.6) is 0 Å². The maximum absolute atomic E-state index is 5.94. The van der Waals surface area contributed by atoms with E-state index in [1.54, 1.807) is 0 Å². The van der Waals surface area contributed by atoms with Gasteiger partial charge < -0.3 is 10.2 Å². The molecule has 2 aromatic rings. The van der Waals surface area contributed by atoms with Crippen molar-refractivity contribution in [2.75, 3.05) is 24.3 Å². The molecule has 0 radical (unpaired) electrons. The topological polar surface area (TPSA) is 53.9 Å². The van der Waals surface area contributed by atoms with E-state index in [-0.39, 0.29) is 5.28 Å². The highest BCUT2D eigenvalue weighted by Gasteiger charge is 2.21. The van der Waals surface area contributed by atoms with E-state index < -0.39 is 0 Å². The molecule has 1 aromatic heterocycles. The maximum Gasteiger partial charge on any atom is 0.230 e. The minimum absolute atomic E-state index is 0.210. The predicted octanol–water partition coefficient (Wildman–Crippen LogP) is 2.17. The van der Waals surface area contributed by atoms with Gasteiger partial charge in [-0.1, -0.05) is 24.3 Å². The molecule has 0 unspecified atom stereocenters. The lowest BCUT2D eigenvalue weighted by Gasteiger charge is -2.15. The van der Waals surface area contributed by atoms with Gasteiger partial charge in [0.25, 0.3) is 0 Å². The van der Waals surface area contributed by atoms with Crippen LogP contribution in [0.4, 0.5) is 11.9 Å². The van der Waals surface area contributed by atoms with E-state index in [1.807, 2.05) is 19.0 Å². The standard InChI is InChI=1S/C14H16ClN5/c1-20(2)14-18-12(15)17-13(19-14)16-11-7-9-5-3-4-6-10(9)8-11/h3-6,11H,7-8H2,1-2H3,(H,16,17,18,19). The summed E-state index contributed by atoms with van der Waals surface area (Å²) >= 11 is 5.94. The van der Waals surface area contributed by atoms with E-state index >= 15 is 0 Å². The highest BCUT2D eigenvalue weighted by molar-refractivity contribution is 6.28. The molecule has 1 N–H and O–H groups in total. The number of benzene rings is 1. The van der Waals surface area contributed by atoms with Crippen LogP contribution < -0.4 is 10.2 Å². The van der Waals surface area contributed by atoms with Crippen molar-refractivity contribution in [1.82, 2.24) is 15.0 Å². The average Bonchev–Trinajstić information content (AvgIpc) is 2.79. The van der Waals surface area contributed by atoms with E-state index in [0.717, 1.165) is 12.8 Å². The minimum atomic E-state index is 0.210. The van der Waals surface area contributed by atoms with Gasteiger partial charge in [0.15, 0.2) is 0 Å². The Balaban J connectivity index is 1.77. The summed E-state index contributed by atoms with van der Waals surface area (Å²) in [6.07, 6.45) is 1.97. The zero-order chi connectivity index (χ0) is 14.1. The van der Waals surface area contributed by atoms with Crippen LogP contribution in [0, 0.1) is 0 Å². The first-order valence-corrected chi connectivity index (χ1v) is 6.92. The lowest BCUT2D eigenvalue weighted by molar-refractivity contribution is 0.758. The smallest absolute Gasteiger partial charge is 0.230 e. The normalized spacial score (nSPS) is 14.2. The van der Waals surface area contributed by atoms with Crippen LogP contribution in [0.25, 0.3) is 0 Å². The molecule has 0 atom stereocenters. The number of anilines is 2. The quantitative estimate of drug-likeness (QED) is 0.938. The molecule has 6 heteroatoms. The second-order valence-corrected chi connectivity index (χ2v) is 5.48. The van der Waals surface area contributed by atoms with Crippen molar-refractivity contribution in [3.8, 4) is 0 Å². The number of aromatic nitrogens is 3. The molecule has 1 aromatic carbocycles. The van der Waals surface area contributed by atoms with Crippen molar-refractivity contribution < 1.29 is 0 Å². The molecule has 0 fully saturated rings. The van der Waals surface area contributed by atoms with Gasteiger partial charge in [0.05, 0.1) is 0 Å². The number of hydrogen-bond acceptors (Lipinski definition) is 5. The van der Waals surface area contributed by atoms with Gasteiger partial charge in [-0.2, -0.15) is 15.0 Å². The molecule has 5 nitrogen and oxygen atoms in total. The van der Waals surface area contributed by atoms with Crippen molar-refractivity contribution in [2.24, 2.45) is 0 Å². The van der Waals surface area contributed by atoms with Gasteiger partial charge >= 0.3 is 0 Å². The molecule has 104 valence electrons. The molecule has 1 heterocycles. The first-order valence-electron chi connectivity index (χ1n) is 6.54. The van der Waals surface area contributed by atoms with Crippen molar-refractivity contribution in [1.29, 1.82) is 0 Å². The average molecular weight is 290 g/mol. The Kier molecular flexibility index (Phi) is 3.44. The summed E-state index contributed by atoms with van der Waals surface area (Å²) in [5.41, 5.74) is 2.77. The Hall–Kier alpha value is -1.88. The van der Waals surface area contributed by atoms with Crippen LogP contribution in [0.1, 0.15) is 11.1 Å². The molecule has 0 saturated heterocycles. The van der Waals surface area contributed by atoms with E-state index in [1.165, 1.54) is 11.1 Å². The lowest BCUT2D eigenvalue weighted by atomic mass is 10.1. The van der Waals surface area contributed by atoms with Gasteiger partial charge in [0.2, 0.25) is 17.2 Å². The van der Waals surface area contributed by atoms with Crippen LogP contribution in [-0.2, 0) is 12.8 Å². The number of halogens is 1. The molecule has 1 aliphatic carbocycles. The lowest BCUT2D eigenvalue weighted by Crippen LogP contribution is -2.22. The third kappa shape index (κ3) is 2.67. The van der Waals surface area contributed by atoms with Gasteiger partial charge in [-0.25, -0.2) is 0 Å². The van der Waals surface area contributed by atoms with E-state index in [4.69, 9.17) is 11.6 Å². The first kappa shape index (κ1) is 13.1. The predicted molar refractivity (Wildman–Crippen MR) is 80.4 cm³/mol. The fraction of sp³-hybridized carbons (Fsp3) is 0.357. The largest absolute Gasteiger partial charge is 0.351 e. The van der Waals surface area contributed by atoms with Crippen molar-refractivity contribution in [3.63, 3.8) is 0 Å². The number of rotatable bonds is 3. The van der Waals surface area contributed by atoms with Crippen LogP contribution in [0.15, 0.2) is 24.3 Å². The number of hydrogen-bond donors (Lipinski definition) is 1. The van der Waals surface area contributed by atoms with Gasteiger partial charge in [0, 0.05) is 20.1 Å². The molecule has 0 spiro atoms. The van der Waals surface area contributed by atoms with Gasteiger partial charge in [-0.05, 0) is 35.6 Å². The summed E-state index contributed by atoms with van der Waals surface area (Å²) < 4.78 is 0. The third-order valence-corrected chi connectivity index (χ3v) is 3.55. The number of nitrogens with one attached hydrogen (secondary N) is 1. The Morgan fingerprint density at radius 1 is 1.10 bits per heavy atom. The molecule has 0 saturated carbocycles. The molecule has 0 bridgehead atoms. The summed E-state index contributed by atoms with van der Waals surface area (Å²) in [5, 5.41) is 3.56. The summed E-state index contributed by atoms with van der Waals surface area (Å²) in [5.74, 6) is 1.09. The molecule has 20 heavy (non-hydrogen) atoms. The first-order chi connectivity index (χ1) is 9.61. The second kappa shape index (κ2) is 5.25. The van der Waals surface area contributed by atoms with Crippen molar-refractivity contribution in [2.45, 2.75) is 18.9 Å². The van der Waals surface area contributed by atoms with Crippen LogP contribution in [0.3, 0.4) is 0 Å². The summed E-state index contributed by atoms with van der Waals surface area (Å²) in [7, 11) is 3.75. The Morgan fingerprint density at radius 2 is 1.75 bits per heavy atom. The van der Waals surface area contributed by atoms with Crippen LogP contribution in [0.2, 0.25) is 5.28 Å². The Morgan fingerprint density at radius 3 is 2.35 bits per heavy atom. The second-order valence-electron chi connectivity index (χ2n) is 5.14. The fourth-order valence-corrected chi connectivity index (χ4v) is 2.60. The highest BCUT2D eigenvalue weighted by Crippen LogP contribution is 2.24. The molecule has 0 aliphatic heterocycles. The van der Waals surface area contributed by atoms with Crippen molar-refractivity contribution >= 4 is 23.5 Å². The zero-order valence-electron chi connectivity index (χ0n) is 11.5. The molecular weight excluding hydrogens is 274 g/mol. The third-order valence-electron chi connectivity index (χ3n) is 3.38. The SMILES string of the molecule is CN(C)c1nc(Cl)nc(NC2Cc3ccccc3C2)n1. The van der Waals surface area contributed by atoms with Crippen LogP contribution >= 0.6 is 11.6 Å².